The third-order valence-electron chi connectivity index (χ3n) is 2.67. The number of rotatable bonds is 2. The fourth-order valence-electron chi connectivity index (χ4n) is 1.89. The largest absolute Gasteiger partial charge is 0.309 e. The van der Waals surface area contributed by atoms with Gasteiger partial charge in [-0.2, -0.15) is 0 Å². The highest BCUT2D eigenvalue weighted by atomic mass is 79.9. The average Bonchev–Trinajstić information content (AvgIpc) is 2.59. The molecule has 1 amide bonds. The van der Waals surface area contributed by atoms with Crippen LogP contribution in [0.5, 0.6) is 0 Å². The highest BCUT2D eigenvalue weighted by Gasteiger charge is 2.32. The van der Waals surface area contributed by atoms with Crippen LogP contribution in [-0.4, -0.2) is 17.8 Å². The van der Waals surface area contributed by atoms with E-state index in [0.717, 1.165) is 5.33 Å². The lowest BCUT2D eigenvalue weighted by Gasteiger charge is -2.19. The van der Waals surface area contributed by atoms with Crippen molar-refractivity contribution in [2.24, 2.45) is 5.92 Å². The van der Waals surface area contributed by atoms with Gasteiger partial charge in [-0.15, -0.1) is 0 Å². The Hall–Kier alpha value is 0.0400. The van der Waals surface area contributed by atoms with E-state index in [2.05, 4.69) is 15.9 Å². The Morgan fingerprint density at radius 1 is 1.29 bits per heavy atom. The first-order valence-electron chi connectivity index (χ1n) is 5.03. The molecule has 0 saturated carbocycles. The molecule has 0 radical (unpaired) electrons. The molecule has 1 aliphatic rings. The van der Waals surface area contributed by atoms with Crippen molar-refractivity contribution < 1.29 is 4.79 Å². The van der Waals surface area contributed by atoms with Crippen LogP contribution in [0.2, 0.25) is 15.1 Å². The highest BCUT2D eigenvalue weighted by molar-refractivity contribution is 9.09. The van der Waals surface area contributed by atoms with Gasteiger partial charge >= 0.3 is 0 Å². The number of hydrogen-bond donors (Lipinski definition) is 0. The van der Waals surface area contributed by atoms with Crippen molar-refractivity contribution >= 4 is 62.3 Å². The van der Waals surface area contributed by atoms with E-state index in [9.17, 15) is 4.79 Å². The number of halogens is 4. The van der Waals surface area contributed by atoms with E-state index in [1.165, 1.54) is 0 Å². The van der Waals surface area contributed by atoms with Gasteiger partial charge < -0.3 is 4.90 Å². The number of benzene rings is 1. The van der Waals surface area contributed by atoms with Gasteiger partial charge in [0.15, 0.2) is 0 Å². The molecule has 6 heteroatoms. The summed E-state index contributed by atoms with van der Waals surface area (Å²) in [6.45, 7) is 0.630. The van der Waals surface area contributed by atoms with Crippen molar-refractivity contribution in [3.8, 4) is 0 Å². The fourth-order valence-corrected chi connectivity index (χ4v) is 3.35. The van der Waals surface area contributed by atoms with Crippen LogP contribution in [-0.2, 0) is 4.79 Å². The minimum absolute atomic E-state index is 0.0422. The van der Waals surface area contributed by atoms with Crippen LogP contribution in [0.3, 0.4) is 0 Å². The first kappa shape index (κ1) is 13.5. The van der Waals surface area contributed by atoms with Gasteiger partial charge in [0.2, 0.25) is 5.91 Å². The molecule has 1 heterocycles. The molecule has 0 spiro atoms. The molecule has 17 heavy (non-hydrogen) atoms. The van der Waals surface area contributed by atoms with Crippen molar-refractivity contribution in [1.29, 1.82) is 0 Å². The van der Waals surface area contributed by atoms with Gasteiger partial charge in [-0.3, -0.25) is 4.79 Å². The summed E-state index contributed by atoms with van der Waals surface area (Å²) in [5.74, 6) is 0.339. The Kier molecular flexibility index (Phi) is 4.24. The molecule has 1 fully saturated rings. The smallest absolute Gasteiger partial charge is 0.227 e. The fraction of sp³-hybridized carbons (Fsp3) is 0.364. The summed E-state index contributed by atoms with van der Waals surface area (Å²) in [7, 11) is 0. The summed E-state index contributed by atoms with van der Waals surface area (Å²) in [5, 5.41) is 2.07. The Balaban J connectivity index is 2.38. The Morgan fingerprint density at radius 2 is 1.88 bits per heavy atom. The monoisotopic (exact) mass is 355 g/mol. The first-order valence-corrected chi connectivity index (χ1v) is 7.29. The molecule has 1 unspecified atom stereocenters. The second-order valence-electron chi connectivity index (χ2n) is 3.95. The van der Waals surface area contributed by atoms with E-state index in [1.807, 2.05) is 0 Å². The van der Waals surface area contributed by atoms with E-state index in [0.29, 0.717) is 39.6 Å². The maximum absolute atomic E-state index is 11.9. The third kappa shape index (κ3) is 2.73. The minimum atomic E-state index is 0.0422. The molecule has 1 aliphatic heterocycles. The summed E-state index contributed by atoms with van der Waals surface area (Å²) in [6, 6.07) is 3.19. The topological polar surface area (TPSA) is 20.3 Å². The zero-order chi connectivity index (χ0) is 12.6. The van der Waals surface area contributed by atoms with Gasteiger partial charge in [0.25, 0.3) is 0 Å². The summed E-state index contributed by atoms with van der Waals surface area (Å²) < 4.78 is 0. The van der Waals surface area contributed by atoms with Crippen LogP contribution in [0.15, 0.2) is 12.1 Å². The van der Waals surface area contributed by atoms with Crippen molar-refractivity contribution in [2.75, 3.05) is 16.8 Å². The molecule has 1 aromatic carbocycles. The summed E-state index contributed by atoms with van der Waals surface area (Å²) in [5.41, 5.74) is 0.561. The second kappa shape index (κ2) is 5.35. The molecular weight excluding hydrogens is 348 g/mol. The van der Waals surface area contributed by atoms with Crippen LogP contribution < -0.4 is 4.90 Å². The summed E-state index contributed by atoms with van der Waals surface area (Å²) in [6.07, 6.45) is 0.514. The zero-order valence-electron chi connectivity index (χ0n) is 8.72. The van der Waals surface area contributed by atoms with Crippen LogP contribution in [0, 0.1) is 5.92 Å². The molecule has 0 aliphatic carbocycles. The zero-order valence-corrected chi connectivity index (χ0v) is 12.6. The number of carbonyl (C=O) groups excluding carboxylic acids is 1. The predicted octanol–water partition coefficient (Wildman–Crippen LogP) is 4.39. The van der Waals surface area contributed by atoms with E-state index in [1.54, 1.807) is 17.0 Å². The van der Waals surface area contributed by atoms with Crippen molar-refractivity contribution in [1.82, 2.24) is 0 Å². The molecule has 2 nitrogen and oxygen atoms in total. The average molecular weight is 357 g/mol. The molecular formula is C11H9BrCl3NO. The third-order valence-corrected chi connectivity index (χ3v) is 4.39. The first-order chi connectivity index (χ1) is 8.02. The molecule has 92 valence electrons. The van der Waals surface area contributed by atoms with E-state index >= 15 is 0 Å². The molecule has 0 aromatic heterocycles. The number of hydrogen-bond acceptors (Lipinski definition) is 1. The number of anilines is 1. The number of alkyl halides is 1. The van der Waals surface area contributed by atoms with E-state index < -0.39 is 0 Å². The van der Waals surface area contributed by atoms with Crippen molar-refractivity contribution in [3.05, 3.63) is 27.2 Å². The van der Waals surface area contributed by atoms with Gasteiger partial charge in [0.1, 0.15) is 0 Å². The molecule has 1 atom stereocenters. The molecule has 0 bridgehead atoms. The quantitative estimate of drug-likeness (QED) is 0.719. The number of amides is 1. The maximum atomic E-state index is 11.9. The lowest BCUT2D eigenvalue weighted by molar-refractivity contribution is -0.117. The Morgan fingerprint density at radius 3 is 2.35 bits per heavy atom. The van der Waals surface area contributed by atoms with Gasteiger partial charge in [-0.05, 0) is 18.1 Å². The van der Waals surface area contributed by atoms with Crippen LogP contribution >= 0.6 is 50.7 Å². The Bertz CT molecular complexity index is 443. The molecule has 1 saturated heterocycles. The molecule has 1 aromatic rings. The minimum Gasteiger partial charge on any atom is -0.309 e. The maximum Gasteiger partial charge on any atom is 0.227 e. The summed E-state index contributed by atoms with van der Waals surface area (Å²) >= 11 is 21.4. The van der Waals surface area contributed by atoms with E-state index in [4.69, 9.17) is 34.8 Å². The molecule has 2 rings (SSSR count). The van der Waals surface area contributed by atoms with Crippen molar-refractivity contribution in [3.63, 3.8) is 0 Å². The van der Waals surface area contributed by atoms with Gasteiger partial charge in [-0.1, -0.05) is 50.7 Å². The van der Waals surface area contributed by atoms with Gasteiger partial charge in [-0.25, -0.2) is 0 Å². The molecule has 0 N–H and O–H groups in total. The lowest BCUT2D eigenvalue weighted by Crippen LogP contribution is -2.25. The normalized spacial score (nSPS) is 20.1. The van der Waals surface area contributed by atoms with Gasteiger partial charge in [0, 0.05) is 23.3 Å². The van der Waals surface area contributed by atoms with Crippen LogP contribution in [0.1, 0.15) is 6.42 Å². The Labute approximate surface area is 123 Å². The standard InChI is InChI=1S/C11H9BrCl3NO/c12-4-6-1-10(17)16(5-6)11-8(14)2-7(13)3-9(11)15/h2-3,6H,1,4-5H2. The summed E-state index contributed by atoms with van der Waals surface area (Å²) in [4.78, 5) is 13.5. The highest BCUT2D eigenvalue weighted by Crippen LogP contribution is 2.39. The lowest BCUT2D eigenvalue weighted by atomic mass is 10.2. The number of carbonyl (C=O) groups is 1. The van der Waals surface area contributed by atoms with Crippen LogP contribution in [0.4, 0.5) is 5.69 Å². The second-order valence-corrected chi connectivity index (χ2v) is 5.85. The van der Waals surface area contributed by atoms with Gasteiger partial charge in [0.05, 0.1) is 15.7 Å². The van der Waals surface area contributed by atoms with Crippen molar-refractivity contribution in [2.45, 2.75) is 6.42 Å². The predicted molar refractivity (Wildman–Crippen MR) is 75.7 cm³/mol. The SMILES string of the molecule is O=C1CC(CBr)CN1c1c(Cl)cc(Cl)cc1Cl. The van der Waals surface area contributed by atoms with E-state index in [-0.39, 0.29) is 5.91 Å². The van der Waals surface area contributed by atoms with Crippen LogP contribution in [0.25, 0.3) is 0 Å². The number of nitrogens with zero attached hydrogens (tertiary/aromatic N) is 1.